The molecule has 4 rings (SSSR count). The second kappa shape index (κ2) is 7.94. The first-order valence-electron chi connectivity index (χ1n) is 9.57. The minimum Gasteiger partial charge on any atom is -0.451 e. The molecule has 0 bridgehead atoms. The number of rotatable bonds is 5. The van der Waals surface area contributed by atoms with E-state index in [0.29, 0.717) is 29.6 Å². The standard InChI is InChI=1S/C23H19NO6/c1-14-7-8-20-17(10-14)18(25)12-21(30-20)23(28)29-13-19(26)15-4-2-5-16(11-15)24-9-3-6-22(24)27/h2,4-5,7-8,10-12H,3,6,9,13H2,1H3. The van der Waals surface area contributed by atoms with E-state index >= 15 is 0 Å². The quantitative estimate of drug-likeness (QED) is 0.478. The Morgan fingerprint density at radius 3 is 2.70 bits per heavy atom. The zero-order chi connectivity index (χ0) is 21.3. The Morgan fingerprint density at radius 1 is 1.10 bits per heavy atom. The first kappa shape index (κ1) is 19.6. The zero-order valence-corrected chi connectivity index (χ0v) is 16.3. The molecule has 0 unspecified atom stereocenters. The van der Waals surface area contributed by atoms with Gasteiger partial charge < -0.3 is 14.1 Å². The molecule has 3 aromatic rings. The highest BCUT2D eigenvalue weighted by Gasteiger charge is 2.23. The summed E-state index contributed by atoms with van der Waals surface area (Å²) in [5, 5.41) is 0.371. The Hall–Kier alpha value is -3.74. The van der Waals surface area contributed by atoms with Crippen molar-refractivity contribution in [2.75, 3.05) is 18.1 Å². The lowest BCUT2D eigenvalue weighted by Crippen LogP contribution is -2.24. The second-order valence-corrected chi connectivity index (χ2v) is 7.17. The van der Waals surface area contributed by atoms with Gasteiger partial charge in [-0.05, 0) is 37.6 Å². The molecular weight excluding hydrogens is 386 g/mol. The Morgan fingerprint density at radius 2 is 1.93 bits per heavy atom. The number of Topliss-reactive ketones (excluding diaryl/α,β-unsaturated/α-hetero) is 1. The first-order chi connectivity index (χ1) is 14.4. The summed E-state index contributed by atoms with van der Waals surface area (Å²) in [5.74, 6) is -1.56. The van der Waals surface area contributed by atoms with Crippen LogP contribution in [0.3, 0.4) is 0 Å². The van der Waals surface area contributed by atoms with Crippen LogP contribution < -0.4 is 10.3 Å². The molecule has 1 aromatic heterocycles. The summed E-state index contributed by atoms with van der Waals surface area (Å²) in [6, 6.07) is 12.8. The number of amides is 1. The fourth-order valence-corrected chi connectivity index (χ4v) is 3.42. The van der Waals surface area contributed by atoms with Crippen molar-refractivity contribution in [2.24, 2.45) is 0 Å². The molecule has 0 N–H and O–H groups in total. The molecule has 152 valence electrons. The minimum absolute atomic E-state index is 0.0209. The molecule has 1 aliphatic heterocycles. The molecule has 2 aromatic carbocycles. The van der Waals surface area contributed by atoms with Crippen LogP contribution in [0.1, 0.15) is 39.3 Å². The minimum atomic E-state index is -0.895. The molecule has 7 heteroatoms. The van der Waals surface area contributed by atoms with Gasteiger partial charge in [0.2, 0.25) is 11.7 Å². The van der Waals surface area contributed by atoms with Gasteiger partial charge in [0, 0.05) is 30.3 Å². The van der Waals surface area contributed by atoms with Crippen molar-refractivity contribution < 1.29 is 23.5 Å². The fraction of sp³-hybridized carbons (Fsp3) is 0.217. The number of nitrogens with zero attached hydrogens (tertiary/aromatic N) is 1. The van der Waals surface area contributed by atoms with Crippen LogP contribution in [-0.4, -0.2) is 30.8 Å². The van der Waals surface area contributed by atoms with Crippen LogP contribution in [-0.2, 0) is 9.53 Å². The summed E-state index contributed by atoms with van der Waals surface area (Å²) < 4.78 is 10.5. The van der Waals surface area contributed by atoms with Crippen LogP contribution in [0.15, 0.2) is 57.7 Å². The smallest absolute Gasteiger partial charge is 0.374 e. The maximum absolute atomic E-state index is 12.5. The number of anilines is 1. The zero-order valence-electron chi connectivity index (χ0n) is 16.3. The van der Waals surface area contributed by atoms with Gasteiger partial charge in [0.1, 0.15) is 5.58 Å². The van der Waals surface area contributed by atoms with Gasteiger partial charge in [-0.25, -0.2) is 4.79 Å². The molecule has 0 atom stereocenters. The van der Waals surface area contributed by atoms with Crippen molar-refractivity contribution in [3.8, 4) is 0 Å². The third-order valence-electron chi connectivity index (χ3n) is 4.97. The fourth-order valence-electron chi connectivity index (χ4n) is 3.42. The highest BCUT2D eigenvalue weighted by atomic mass is 16.5. The molecule has 0 radical (unpaired) electrons. The van der Waals surface area contributed by atoms with Crippen LogP contribution in [0.5, 0.6) is 0 Å². The summed E-state index contributed by atoms with van der Waals surface area (Å²) in [5.41, 5.74) is 1.78. The Kier molecular flexibility index (Phi) is 5.18. The van der Waals surface area contributed by atoms with Gasteiger partial charge in [-0.2, -0.15) is 0 Å². The van der Waals surface area contributed by atoms with Crippen LogP contribution in [0, 0.1) is 6.92 Å². The molecule has 0 spiro atoms. The number of carbonyl (C=O) groups excluding carboxylic acids is 3. The molecule has 1 amide bonds. The number of benzene rings is 2. The van der Waals surface area contributed by atoms with E-state index in [0.717, 1.165) is 18.1 Å². The van der Waals surface area contributed by atoms with E-state index in [1.54, 1.807) is 47.4 Å². The van der Waals surface area contributed by atoms with Gasteiger partial charge in [0.15, 0.2) is 17.8 Å². The monoisotopic (exact) mass is 405 g/mol. The number of fused-ring (bicyclic) bond motifs is 1. The van der Waals surface area contributed by atoms with E-state index in [1.807, 2.05) is 6.92 Å². The van der Waals surface area contributed by atoms with E-state index in [-0.39, 0.29) is 22.7 Å². The molecule has 1 fully saturated rings. The van der Waals surface area contributed by atoms with Crippen molar-refractivity contribution >= 4 is 34.3 Å². The highest BCUT2D eigenvalue weighted by molar-refractivity contribution is 6.01. The van der Waals surface area contributed by atoms with Gasteiger partial charge in [-0.3, -0.25) is 14.4 Å². The van der Waals surface area contributed by atoms with Gasteiger partial charge in [-0.15, -0.1) is 0 Å². The van der Waals surface area contributed by atoms with Gasteiger partial charge in [0.05, 0.1) is 5.39 Å². The molecule has 1 saturated heterocycles. The Labute approximate surface area is 171 Å². The molecule has 30 heavy (non-hydrogen) atoms. The number of ketones is 1. The summed E-state index contributed by atoms with van der Waals surface area (Å²) in [6.45, 7) is 1.96. The summed E-state index contributed by atoms with van der Waals surface area (Å²) in [4.78, 5) is 50.5. The number of hydrogen-bond donors (Lipinski definition) is 0. The van der Waals surface area contributed by atoms with Crippen LogP contribution in [0.2, 0.25) is 0 Å². The third-order valence-corrected chi connectivity index (χ3v) is 4.97. The van der Waals surface area contributed by atoms with Gasteiger partial charge in [0.25, 0.3) is 0 Å². The average Bonchev–Trinajstić information content (AvgIpc) is 3.18. The maximum Gasteiger partial charge on any atom is 0.374 e. The SMILES string of the molecule is Cc1ccc2oc(C(=O)OCC(=O)c3cccc(N4CCCC4=O)c3)cc(=O)c2c1. The normalized spacial score (nSPS) is 13.6. The first-order valence-corrected chi connectivity index (χ1v) is 9.57. The van der Waals surface area contributed by atoms with Crippen molar-refractivity contribution in [1.29, 1.82) is 0 Å². The molecule has 2 heterocycles. The summed E-state index contributed by atoms with van der Waals surface area (Å²) in [6.07, 6.45) is 1.28. The number of ether oxygens (including phenoxy) is 1. The average molecular weight is 405 g/mol. The van der Waals surface area contributed by atoms with Crippen molar-refractivity contribution in [1.82, 2.24) is 0 Å². The van der Waals surface area contributed by atoms with Crippen LogP contribution >= 0.6 is 0 Å². The second-order valence-electron chi connectivity index (χ2n) is 7.17. The van der Waals surface area contributed by atoms with Gasteiger partial charge in [-0.1, -0.05) is 23.8 Å². The van der Waals surface area contributed by atoms with E-state index in [2.05, 4.69) is 0 Å². The number of hydrogen-bond acceptors (Lipinski definition) is 6. The van der Waals surface area contributed by atoms with Crippen molar-refractivity contribution in [3.63, 3.8) is 0 Å². The van der Waals surface area contributed by atoms with Crippen LogP contribution in [0.4, 0.5) is 5.69 Å². The van der Waals surface area contributed by atoms with Crippen molar-refractivity contribution in [3.05, 3.63) is 75.6 Å². The molecule has 0 saturated carbocycles. The Balaban J connectivity index is 1.47. The third kappa shape index (κ3) is 3.87. The van der Waals surface area contributed by atoms with E-state index < -0.39 is 18.4 Å². The van der Waals surface area contributed by atoms with Crippen LogP contribution in [0.25, 0.3) is 11.0 Å². The van der Waals surface area contributed by atoms with Gasteiger partial charge >= 0.3 is 5.97 Å². The number of aryl methyl sites for hydroxylation is 1. The molecule has 1 aliphatic rings. The predicted octanol–water partition coefficient (Wildman–Crippen LogP) is 3.27. The molecule has 7 nitrogen and oxygen atoms in total. The highest BCUT2D eigenvalue weighted by Crippen LogP contribution is 2.22. The van der Waals surface area contributed by atoms with E-state index in [1.165, 1.54) is 0 Å². The van der Waals surface area contributed by atoms with Crippen molar-refractivity contribution in [2.45, 2.75) is 19.8 Å². The lowest BCUT2D eigenvalue weighted by molar-refractivity contribution is -0.117. The lowest BCUT2D eigenvalue weighted by Gasteiger charge is -2.16. The summed E-state index contributed by atoms with van der Waals surface area (Å²) in [7, 11) is 0. The lowest BCUT2D eigenvalue weighted by atomic mass is 10.1. The maximum atomic E-state index is 12.5. The largest absolute Gasteiger partial charge is 0.451 e. The molecular formula is C23H19NO6. The number of carbonyl (C=O) groups is 3. The summed E-state index contributed by atoms with van der Waals surface area (Å²) >= 11 is 0. The predicted molar refractivity (Wildman–Crippen MR) is 110 cm³/mol. The topological polar surface area (TPSA) is 93.9 Å². The van der Waals surface area contributed by atoms with E-state index in [4.69, 9.17) is 9.15 Å². The van der Waals surface area contributed by atoms with E-state index in [9.17, 15) is 19.2 Å². The molecule has 0 aliphatic carbocycles. The Bertz CT molecular complexity index is 1230. The number of esters is 1.